The van der Waals surface area contributed by atoms with Crippen LogP contribution in [0.25, 0.3) is 0 Å². The smallest absolute Gasteiger partial charge is 0.257 e. The molecule has 0 aliphatic carbocycles. The van der Waals surface area contributed by atoms with E-state index < -0.39 is 0 Å². The molecule has 2 rings (SSSR count). The van der Waals surface area contributed by atoms with Gasteiger partial charge >= 0.3 is 0 Å². The number of thioether (sulfide) groups is 1. The summed E-state index contributed by atoms with van der Waals surface area (Å²) in [5, 5.41) is 2.81. The number of carbonyl (C=O) groups is 1. The highest BCUT2D eigenvalue weighted by Gasteiger charge is 2.03. The van der Waals surface area contributed by atoms with Gasteiger partial charge in [-0.2, -0.15) is 11.8 Å². The molecule has 0 unspecified atom stereocenters. The average molecular weight is 333 g/mol. The largest absolute Gasteiger partial charge is 0.484 e. The quantitative estimate of drug-likeness (QED) is 0.751. The number of benzene rings is 2. The van der Waals surface area contributed by atoms with Gasteiger partial charge in [-0.15, -0.1) is 0 Å². The maximum Gasteiger partial charge on any atom is 0.257 e. The lowest BCUT2D eigenvalue weighted by molar-refractivity contribution is -0.122. The van der Waals surface area contributed by atoms with Crippen molar-refractivity contribution in [1.29, 1.82) is 0 Å². The first-order chi connectivity index (χ1) is 11.1. The lowest BCUT2D eigenvalue weighted by Gasteiger charge is -2.08. The molecule has 2 aromatic rings. The van der Waals surface area contributed by atoms with E-state index in [2.05, 4.69) is 24.4 Å². The predicted molar refractivity (Wildman–Crippen MR) is 92.2 cm³/mol. The second kappa shape index (κ2) is 9.20. The van der Waals surface area contributed by atoms with Crippen molar-refractivity contribution in [2.24, 2.45) is 0 Å². The van der Waals surface area contributed by atoms with E-state index in [9.17, 15) is 9.18 Å². The first-order valence-electron chi connectivity index (χ1n) is 7.42. The average Bonchev–Trinajstić information content (AvgIpc) is 2.55. The molecule has 1 amide bonds. The fourth-order valence-electron chi connectivity index (χ4n) is 1.95. The summed E-state index contributed by atoms with van der Waals surface area (Å²) in [6.07, 6.45) is 0. The van der Waals surface area contributed by atoms with E-state index in [-0.39, 0.29) is 18.3 Å². The third kappa shape index (κ3) is 6.32. The van der Waals surface area contributed by atoms with Crippen molar-refractivity contribution in [1.82, 2.24) is 5.32 Å². The van der Waals surface area contributed by atoms with E-state index >= 15 is 0 Å². The first kappa shape index (κ1) is 17.3. The highest BCUT2D eigenvalue weighted by Crippen LogP contribution is 2.15. The van der Waals surface area contributed by atoms with Gasteiger partial charge < -0.3 is 10.1 Å². The Hall–Kier alpha value is -2.01. The fourth-order valence-corrected chi connectivity index (χ4v) is 2.88. The van der Waals surface area contributed by atoms with Crippen LogP contribution in [-0.4, -0.2) is 24.8 Å². The molecule has 0 saturated carbocycles. The fraction of sp³-hybridized carbons (Fsp3) is 0.278. The summed E-state index contributed by atoms with van der Waals surface area (Å²) in [6.45, 7) is 2.64. The molecule has 3 nitrogen and oxygen atoms in total. The van der Waals surface area contributed by atoms with Gasteiger partial charge in [-0.25, -0.2) is 4.39 Å². The van der Waals surface area contributed by atoms with Gasteiger partial charge in [-0.3, -0.25) is 4.79 Å². The zero-order valence-corrected chi connectivity index (χ0v) is 13.9. The number of amides is 1. The molecule has 2 aromatic carbocycles. The van der Waals surface area contributed by atoms with Crippen LogP contribution in [0.2, 0.25) is 0 Å². The second-order valence-electron chi connectivity index (χ2n) is 5.07. The van der Waals surface area contributed by atoms with Crippen molar-refractivity contribution in [3.05, 3.63) is 65.5 Å². The Morgan fingerprint density at radius 2 is 1.91 bits per heavy atom. The van der Waals surface area contributed by atoms with E-state index in [1.54, 1.807) is 11.8 Å². The van der Waals surface area contributed by atoms with E-state index in [4.69, 9.17) is 4.74 Å². The second-order valence-corrected chi connectivity index (χ2v) is 6.18. The normalized spacial score (nSPS) is 10.3. The number of aryl methyl sites for hydroxylation is 1. The van der Waals surface area contributed by atoms with Crippen molar-refractivity contribution in [3.8, 4) is 5.75 Å². The summed E-state index contributed by atoms with van der Waals surface area (Å²) in [5.41, 5.74) is 2.61. The third-order valence-corrected chi connectivity index (χ3v) is 4.28. The number of ether oxygens (including phenoxy) is 1. The standard InChI is InChI=1S/C18H20FNO2S/c1-14-4-2-3-5-15(14)13-23-11-10-20-18(21)12-22-17-8-6-16(19)7-9-17/h2-9H,10-13H2,1H3,(H,20,21). The Kier molecular flexibility index (Phi) is 6.94. The molecule has 0 atom stereocenters. The molecule has 0 aromatic heterocycles. The molecular weight excluding hydrogens is 313 g/mol. The summed E-state index contributed by atoms with van der Waals surface area (Å²) in [7, 11) is 0. The number of carbonyl (C=O) groups excluding carboxylic acids is 1. The molecule has 0 bridgehead atoms. The van der Waals surface area contributed by atoms with Crippen LogP contribution >= 0.6 is 11.8 Å². The van der Waals surface area contributed by atoms with Crippen molar-refractivity contribution < 1.29 is 13.9 Å². The van der Waals surface area contributed by atoms with Gasteiger partial charge in [0.1, 0.15) is 11.6 Å². The molecule has 5 heteroatoms. The molecule has 0 heterocycles. The summed E-state index contributed by atoms with van der Waals surface area (Å²) >= 11 is 1.78. The molecule has 0 fully saturated rings. The Balaban J connectivity index is 1.58. The van der Waals surface area contributed by atoms with Gasteiger partial charge in [0.2, 0.25) is 0 Å². The maximum absolute atomic E-state index is 12.7. The monoisotopic (exact) mass is 333 g/mol. The van der Waals surface area contributed by atoms with Crippen molar-refractivity contribution in [3.63, 3.8) is 0 Å². The summed E-state index contributed by atoms with van der Waals surface area (Å²) in [4.78, 5) is 11.7. The lowest BCUT2D eigenvalue weighted by Crippen LogP contribution is -2.30. The minimum atomic E-state index is -0.326. The van der Waals surface area contributed by atoms with Crippen molar-refractivity contribution in [2.75, 3.05) is 18.9 Å². The Bertz CT molecular complexity index is 631. The van der Waals surface area contributed by atoms with Crippen LogP contribution in [0.5, 0.6) is 5.75 Å². The number of nitrogens with one attached hydrogen (secondary N) is 1. The van der Waals surface area contributed by atoms with Gasteiger partial charge in [0.25, 0.3) is 5.91 Å². The van der Waals surface area contributed by atoms with Crippen molar-refractivity contribution >= 4 is 17.7 Å². The van der Waals surface area contributed by atoms with E-state index in [0.29, 0.717) is 12.3 Å². The Morgan fingerprint density at radius 1 is 1.17 bits per heavy atom. The maximum atomic E-state index is 12.7. The summed E-state index contributed by atoms with van der Waals surface area (Å²) in [6, 6.07) is 13.9. The van der Waals surface area contributed by atoms with Crippen LogP contribution in [0.4, 0.5) is 4.39 Å². The van der Waals surface area contributed by atoms with Crippen LogP contribution in [0.3, 0.4) is 0 Å². The Morgan fingerprint density at radius 3 is 2.65 bits per heavy atom. The molecule has 23 heavy (non-hydrogen) atoms. The molecule has 0 saturated heterocycles. The number of halogens is 1. The Labute approximate surface area is 140 Å². The van der Waals surface area contributed by atoms with Crippen LogP contribution in [0.1, 0.15) is 11.1 Å². The van der Waals surface area contributed by atoms with Crippen molar-refractivity contribution in [2.45, 2.75) is 12.7 Å². The minimum Gasteiger partial charge on any atom is -0.484 e. The van der Waals surface area contributed by atoms with E-state index in [1.165, 1.54) is 35.4 Å². The lowest BCUT2D eigenvalue weighted by atomic mass is 10.1. The number of hydrogen-bond acceptors (Lipinski definition) is 3. The van der Waals surface area contributed by atoms with Gasteiger partial charge in [-0.1, -0.05) is 24.3 Å². The van der Waals surface area contributed by atoms with E-state index in [1.807, 2.05) is 12.1 Å². The highest BCUT2D eigenvalue weighted by molar-refractivity contribution is 7.98. The van der Waals surface area contributed by atoms with Crippen LogP contribution in [0, 0.1) is 12.7 Å². The summed E-state index contributed by atoms with van der Waals surface area (Å²) < 4.78 is 18.0. The van der Waals surface area contributed by atoms with Gasteiger partial charge in [0.05, 0.1) is 0 Å². The van der Waals surface area contributed by atoms with Crippen LogP contribution in [-0.2, 0) is 10.5 Å². The predicted octanol–water partition coefficient (Wildman–Crippen LogP) is 3.56. The molecule has 0 aliphatic heterocycles. The number of hydrogen-bond donors (Lipinski definition) is 1. The van der Waals surface area contributed by atoms with Crippen LogP contribution < -0.4 is 10.1 Å². The van der Waals surface area contributed by atoms with E-state index in [0.717, 1.165) is 11.5 Å². The molecule has 0 spiro atoms. The zero-order chi connectivity index (χ0) is 16.5. The topological polar surface area (TPSA) is 38.3 Å². The molecule has 1 N–H and O–H groups in total. The first-order valence-corrected chi connectivity index (χ1v) is 8.58. The van der Waals surface area contributed by atoms with Gasteiger partial charge in [0.15, 0.2) is 6.61 Å². The third-order valence-electron chi connectivity index (χ3n) is 3.27. The molecular formula is C18H20FNO2S. The highest BCUT2D eigenvalue weighted by atomic mass is 32.2. The van der Waals surface area contributed by atoms with Gasteiger partial charge in [0, 0.05) is 18.1 Å². The summed E-state index contributed by atoms with van der Waals surface area (Å²) in [5.74, 6) is 1.76. The zero-order valence-electron chi connectivity index (χ0n) is 13.0. The molecule has 0 radical (unpaired) electrons. The SMILES string of the molecule is Cc1ccccc1CSCCNC(=O)COc1ccc(F)cc1. The molecule has 0 aliphatic rings. The van der Waals surface area contributed by atoms with Crippen LogP contribution in [0.15, 0.2) is 48.5 Å². The minimum absolute atomic E-state index is 0.0614. The molecule has 122 valence electrons. The number of rotatable bonds is 8. The van der Waals surface area contributed by atoms with Gasteiger partial charge in [-0.05, 0) is 42.3 Å².